The molecule has 2 N–H and O–H groups in total. The summed E-state index contributed by atoms with van der Waals surface area (Å²) in [7, 11) is 0. The fourth-order valence-corrected chi connectivity index (χ4v) is 1.86. The van der Waals surface area contributed by atoms with Crippen LogP contribution in [0.15, 0.2) is 48.9 Å². The number of nitriles is 1. The van der Waals surface area contributed by atoms with Crippen LogP contribution in [0.25, 0.3) is 17.1 Å². The maximum absolute atomic E-state index is 9.05. The van der Waals surface area contributed by atoms with Crippen LogP contribution in [0.1, 0.15) is 5.69 Å². The quantitative estimate of drug-likeness (QED) is 0.710. The van der Waals surface area contributed by atoms with Gasteiger partial charge in [0.1, 0.15) is 18.1 Å². The van der Waals surface area contributed by atoms with Gasteiger partial charge in [-0.05, 0) is 24.3 Å². The van der Waals surface area contributed by atoms with Crippen LogP contribution in [0.3, 0.4) is 0 Å². The van der Waals surface area contributed by atoms with Crippen LogP contribution in [-0.2, 0) is 0 Å². The van der Waals surface area contributed by atoms with Gasteiger partial charge in [-0.1, -0.05) is 12.1 Å². The molecule has 1 aromatic carbocycles. The van der Waals surface area contributed by atoms with E-state index in [2.05, 4.69) is 15.1 Å². The lowest BCUT2D eigenvalue weighted by Crippen LogP contribution is -2.00. The third-order valence-electron chi connectivity index (χ3n) is 2.78. The van der Waals surface area contributed by atoms with E-state index in [0.717, 1.165) is 5.56 Å². The van der Waals surface area contributed by atoms with Crippen LogP contribution >= 0.6 is 0 Å². The average Bonchev–Trinajstić information content (AvgIpc) is 2.97. The number of hydrogen-bond donors (Lipinski definition) is 1. The van der Waals surface area contributed by atoms with E-state index < -0.39 is 0 Å². The van der Waals surface area contributed by atoms with E-state index in [4.69, 9.17) is 11.0 Å². The molecular weight excluding hydrogens is 252 g/mol. The maximum atomic E-state index is 9.05. The Morgan fingerprint density at radius 3 is 2.85 bits per heavy atom. The Balaban J connectivity index is 2.05. The molecule has 0 radical (unpaired) electrons. The van der Waals surface area contributed by atoms with Crippen molar-refractivity contribution in [2.75, 3.05) is 5.73 Å². The van der Waals surface area contributed by atoms with Crippen molar-refractivity contribution in [3.63, 3.8) is 0 Å². The van der Waals surface area contributed by atoms with Crippen molar-refractivity contribution in [3.05, 3.63) is 54.6 Å². The van der Waals surface area contributed by atoms with Crippen molar-refractivity contribution in [1.29, 1.82) is 5.26 Å². The van der Waals surface area contributed by atoms with Gasteiger partial charge in [-0.2, -0.15) is 5.26 Å². The molecule has 3 aromatic rings. The summed E-state index contributed by atoms with van der Waals surface area (Å²) in [5, 5.41) is 13.4. The number of nitrogens with two attached hydrogens (primary N) is 1. The van der Waals surface area contributed by atoms with Crippen LogP contribution in [0.2, 0.25) is 0 Å². The zero-order valence-electron chi connectivity index (χ0n) is 10.4. The molecule has 0 unspecified atom stereocenters. The third-order valence-corrected chi connectivity index (χ3v) is 2.78. The summed E-state index contributed by atoms with van der Waals surface area (Å²) in [6.45, 7) is 0. The summed E-state index contributed by atoms with van der Waals surface area (Å²) >= 11 is 0. The molecule has 0 saturated heterocycles. The number of nitrogens with zero attached hydrogens (tertiary/aromatic N) is 5. The second-order valence-electron chi connectivity index (χ2n) is 4.12. The normalized spacial score (nSPS) is 10.2. The summed E-state index contributed by atoms with van der Waals surface area (Å²) in [4.78, 5) is 8.24. The van der Waals surface area contributed by atoms with Crippen molar-refractivity contribution < 1.29 is 0 Å². The Labute approximate surface area is 115 Å². The van der Waals surface area contributed by atoms with E-state index >= 15 is 0 Å². The molecule has 20 heavy (non-hydrogen) atoms. The summed E-state index contributed by atoms with van der Waals surface area (Å²) in [5.74, 6) is 0.546. The van der Waals surface area contributed by atoms with Crippen LogP contribution in [0, 0.1) is 11.3 Å². The van der Waals surface area contributed by atoms with Gasteiger partial charge in [0, 0.05) is 17.4 Å². The van der Waals surface area contributed by atoms with Gasteiger partial charge in [-0.25, -0.2) is 14.6 Å². The fraction of sp³-hybridized carbons (Fsp3) is 0. The second-order valence-corrected chi connectivity index (χ2v) is 4.12. The molecule has 0 atom stereocenters. The Hall–Kier alpha value is -3.20. The van der Waals surface area contributed by atoms with Crippen molar-refractivity contribution in [1.82, 2.24) is 19.7 Å². The summed E-state index contributed by atoms with van der Waals surface area (Å²) in [6.07, 6.45) is 3.12. The van der Waals surface area contributed by atoms with Crippen LogP contribution < -0.4 is 5.73 Å². The number of anilines is 1. The predicted octanol–water partition coefficient (Wildman–Crippen LogP) is 1.78. The standard InChI is InChI=1S/C14H10N6/c15-8-12-13(5-2-6-17-12)20-9-18-14(19-20)10-3-1-4-11(16)7-10/h1-7,9H,16H2. The molecule has 0 saturated carbocycles. The van der Waals surface area contributed by atoms with Gasteiger partial charge < -0.3 is 5.73 Å². The first-order chi connectivity index (χ1) is 9.78. The number of nitrogen functional groups attached to an aromatic ring is 1. The molecule has 0 aliphatic rings. The highest BCUT2D eigenvalue weighted by Crippen LogP contribution is 2.18. The van der Waals surface area contributed by atoms with Gasteiger partial charge >= 0.3 is 0 Å². The first-order valence-corrected chi connectivity index (χ1v) is 5.91. The topological polar surface area (TPSA) is 93.4 Å². The molecular formula is C14H10N6. The lowest BCUT2D eigenvalue weighted by Gasteiger charge is -2.01. The average molecular weight is 262 g/mol. The van der Waals surface area contributed by atoms with Gasteiger partial charge in [0.25, 0.3) is 0 Å². The molecule has 2 heterocycles. The van der Waals surface area contributed by atoms with Gasteiger partial charge in [0.15, 0.2) is 11.5 Å². The van der Waals surface area contributed by atoms with Crippen molar-refractivity contribution in [2.45, 2.75) is 0 Å². The maximum Gasteiger partial charge on any atom is 0.181 e. The monoisotopic (exact) mass is 262 g/mol. The zero-order valence-corrected chi connectivity index (χ0v) is 10.4. The van der Waals surface area contributed by atoms with Crippen LogP contribution in [-0.4, -0.2) is 19.7 Å². The molecule has 0 aliphatic carbocycles. The molecule has 3 rings (SSSR count). The molecule has 0 bridgehead atoms. The molecule has 96 valence electrons. The molecule has 0 spiro atoms. The SMILES string of the molecule is N#Cc1ncccc1-n1cnc(-c2cccc(N)c2)n1. The minimum Gasteiger partial charge on any atom is -0.399 e. The molecule has 0 fully saturated rings. The summed E-state index contributed by atoms with van der Waals surface area (Å²) < 4.78 is 1.53. The summed E-state index contributed by atoms with van der Waals surface area (Å²) in [5.41, 5.74) is 8.12. The lowest BCUT2D eigenvalue weighted by molar-refractivity contribution is 0.870. The Bertz CT molecular complexity index is 799. The number of hydrogen-bond acceptors (Lipinski definition) is 5. The highest BCUT2D eigenvalue weighted by atomic mass is 15.3. The molecule has 6 heteroatoms. The van der Waals surface area contributed by atoms with E-state index in [1.807, 2.05) is 18.2 Å². The minimum atomic E-state index is 0.302. The largest absolute Gasteiger partial charge is 0.399 e. The fourth-order valence-electron chi connectivity index (χ4n) is 1.86. The lowest BCUT2D eigenvalue weighted by atomic mass is 10.2. The first kappa shape index (κ1) is 11.9. The van der Waals surface area contributed by atoms with E-state index in [-0.39, 0.29) is 0 Å². The highest BCUT2D eigenvalue weighted by molar-refractivity contribution is 5.60. The van der Waals surface area contributed by atoms with E-state index in [1.54, 1.807) is 36.8 Å². The molecule has 0 aliphatic heterocycles. The van der Waals surface area contributed by atoms with Crippen LogP contribution in [0.5, 0.6) is 0 Å². The molecule has 0 amide bonds. The molecule has 2 aromatic heterocycles. The molecule has 6 nitrogen and oxygen atoms in total. The van der Waals surface area contributed by atoms with Gasteiger partial charge in [-0.15, -0.1) is 5.10 Å². The minimum absolute atomic E-state index is 0.302. The van der Waals surface area contributed by atoms with Gasteiger partial charge in [0.05, 0.1) is 0 Å². The van der Waals surface area contributed by atoms with Crippen molar-refractivity contribution >= 4 is 5.69 Å². The third kappa shape index (κ3) is 2.08. The number of pyridine rings is 1. The highest BCUT2D eigenvalue weighted by Gasteiger charge is 2.09. The predicted molar refractivity (Wildman–Crippen MR) is 73.7 cm³/mol. The van der Waals surface area contributed by atoms with Crippen molar-refractivity contribution in [2.24, 2.45) is 0 Å². The Morgan fingerprint density at radius 2 is 2.05 bits per heavy atom. The second kappa shape index (κ2) is 4.82. The zero-order chi connectivity index (χ0) is 13.9. The smallest absolute Gasteiger partial charge is 0.181 e. The van der Waals surface area contributed by atoms with Crippen molar-refractivity contribution in [3.8, 4) is 23.1 Å². The van der Waals surface area contributed by atoms with Gasteiger partial charge in [-0.3, -0.25) is 0 Å². The van der Waals surface area contributed by atoms with E-state index in [9.17, 15) is 0 Å². The van der Waals surface area contributed by atoms with Crippen LogP contribution in [0.4, 0.5) is 5.69 Å². The van der Waals surface area contributed by atoms with E-state index in [0.29, 0.717) is 22.9 Å². The number of benzene rings is 1. The summed E-state index contributed by atoms with van der Waals surface area (Å²) in [6, 6.07) is 12.9. The number of aromatic nitrogens is 4. The Morgan fingerprint density at radius 1 is 1.15 bits per heavy atom. The van der Waals surface area contributed by atoms with Gasteiger partial charge in [0.2, 0.25) is 0 Å². The van der Waals surface area contributed by atoms with E-state index in [1.165, 1.54) is 4.68 Å². The first-order valence-electron chi connectivity index (χ1n) is 5.91. The Kier molecular flexibility index (Phi) is 2.86. The number of rotatable bonds is 2.